The fourth-order valence-electron chi connectivity index (χ4n) is 3.33. The molecule has 0 aliphatic carbocycles. The highest BCUT2D eigenvalue weighted by atomic mass is 32.2. The molecule has 0 saturated heterocycles. The molecule has 0 aliphatic heterocycles. The highest BCUT2D eigenvalue weighted by Gasteiger charge is 2.15. The van der Waals surface area contributed by atoms with Crippen molar-refractivity contribution in [1.29, 1.82) is 0 Å². The van der Waals surface area contributed by atoms with Crippen LogP contribution in [0.1, 0.15) is 5.56 Å². The minimum Gasteiger partial charge on any atom is -0.493 e. The Bertz CT molecular complexity index is 1290. The molecule has 34 heavy (non-hydrogen) atoms. The Kier molecular flexibility index (Phi) is 7.12. The van der Waals surface area contributed by atoms with Crippen molar-refractivity contribution in [2.45, 2.75) is 11.6 Å². The molecule has 1 N–H and O–H groups in total. The molecule has 0 fully saturated rings. The van der Waals surface area contributed by atoms with Crippen molar-refractivity contribution in [3.8, 4) is 22.9 Å². The molecule has 2 aromatic heterocycles. The van der Waals surface area contributed by atoms with E-state index in [1.54, 1.807) is 35.1 Å². The van der Waals surface area contributed by atoms with Crippen molar-refractivity contribution in [2.75, 3.05) is 27.1 Å². The number of halogens is 1. The average Bonchev–Trinajstić information content (AvgIpc) is 3.30. The Morgan fingerprint density at radius 2 is 1.76 bits per heavy atom. The monoisotopic (exact) mass is 483 g/mol. The van der Waals surface area contributed by atoms with E-state index in [2.05, 4.69) is 20.4 Å². The molecule has 0 saturated carbocycles. The van der Waals surface area contributed by atoms with Crippen LogP contribution in [0.2, 0.25) is 0 Å². The molecule has 4 rings (SSSR count). The lowest BCUT2D eigenvalue weighted by Gasteiger charge is -2.14. The summed E-state index contributed by atoms with van der Waals surface area (Å²) in [7, 11) is 4.61. The standard InChI is InChI=1S/C23H22FN5O4S/c1-31-18-8-14(9-19(32-2)21(18)33-3)10-25-20(30)12-34-23-17-11-28-29(22(17)26-13-27-23)16-6-4-15(24)5-7-16/h4-9,11,13H,10,12H2,1-3H3,(H,25,30). The zero-order chi connectivity index (χ0) is 24.1. The topological polar surface area (TPSA) is 100 Å². The number of carbonyl (C=O) groups excluding carboxylic acids is 1. The van der Waals surface area contributed by atoms with E-state index in [1.165, 1.54) is 51.6 Å². The van der Waals surface area contributed by atoms with Gasteiger partial charge in [-0.25, -0.2) is 19.0 Å². The lowest BCUT2D eigenvalue weighted by molar-refractivity contribution is -0.118. The van der Waals surface area contributed by atoms with Gasteiger partial charge in [-0.05, 0) is 42.0 Å². The van der Waals surface area contributed by atoms with Crippen LogP contribution >= 0.6 is 11.8 Å². The summed E-state index contributed by atoms with van der Waals surface area (Å²) in [6.07, 6.45) is 3.05. The third-order valence-electron chi connectivity index (χ3n) is 4.95. The first-order valence-electron chi connectivity index (χ1n) is 10.2. The Morgan fingerprint density at radius 3 is 2.41 bits per heavy atom. The second-order valence-corrected chi connectivity index (χ2v) is 8.01. The number of benzene rings is 2. The van der Waals surface area contributed by atoms with Crippen LogP contribution in [0.4, 0.5) is 4.39 Å². The van der Waals surface area contributed by atoms with E-state index in [-0.39, 0.29) is 24.0 Å². The number of thioether (sulfide) groups is 1. The number of amides is 1. The summed E-state index contributed by atoms with van der Waals surface area (Å²) < 4.78 is 30.9. The van der Waals surface area contributed by atoms with Crippen molar-refractivity contribution in [1.82, 2.24) is 25.1 Å². The number of carbonyl (C=O) groups is 1. The molecule has 2 heterocycles. The van der Waals surface area contributed by atoms with Crippen molar-refractivity contribution in [3.05, 3.63) is 60.3 Å². The van der Waals surface area contributed by atoms with Crippen molar-refractivity contribution < 1.29 is 23.4 Å². The molecular formula is C23H22FN5O4S. The number of hydrogen-bond acceptors (Lipinski definition) is 8. The molecule has 4 aromatic rings. The minimum atomic E-state index is -0.330. The smallest absolute Gasteiger partial charge is 0.230 e. The van der Waals surface area contributed by atoms with E-state index in [1.807, 2.05) is 0 Å². The summed E-state index contributed by atoms with van der Waals surface area (Å²) in [5, 5.41) is 8.56. The van der Waals surface area contributed by atoms with Crippen LogP contribution in [0, 0.1) is 5.82 Å². The van der Waals surface area contributed by atoms with Gasteiger partial charge in [0.1, 0.15) is 17.2 Å². The average molecular weight is 484 g/mol. The Balaban J connectivity index is 1.43. The fourth-order valence-corrected chi connectivity index (χ4v) is 4.12. The predicted molar refractivity (Wildman–Crippen MR) is 125 cm³/mol. The second kappa shape index (κ2) is 10.4. The van der Waals surface area contributed by atoms with Gasteiger partial charge in [0.05, 0.1) is 44.4 Å². The summed E-state index contributed by atoms with van der Waals surface area (Å²) in [6, 6.07) is 9.52. The molecule has 0 atom stereocenters. The van der Waals surface area contributed by atoms with Gasteiger partial charge in [-0.15, -0.1) is 0 Å². The molecule has 0 spiro atoms. The lowest BCUT2D eigenvalue weighted by atomic mass is 10.2. The second-order valence-electron chi connectivity index (χ2n) is 7.05. The van der Waals surface area contributed by atoms with Gasteiger partial charge in [0.25, 0.3) is 0 Å². The maximum atomic E-state index is 13.2. The molecular weight excluding hydrogens is 461 g/mol. The number of nitrogens with one attached hydrogen (secondary N) is 1. The molecule has 1 amide bonds. The van der Waals surface area contributed by atoms with E-state index in [0.29, 0.717) is 39.0 Å². The summed E-state index contributed by atoms with van der Waals surface area (Å²) in [6.45, 7) is 0.289. The van der Waals surface area contributed by atoms with Crippen LogP contribution in [0.5, 0.6) is 17.2 Å². The minimum absolute atomic E-state index is 0.151. The highest BCUT2D eigenvalue weighted by Crippen LogP contribution is 2.38. The van der Waals surface area contributed by atoms with Crippen LogP contribution in [0.3, 0.4) is 0 Å². The molecule has 9 nitrogen and oxygen atoms in total. The summed E-state index contributed by atoms with van der Waals surface area (Å²) in [4.78, 5) is 21.1. The Morgan fingerprint density at radius 1 is 1.06 bits per heavy atom. The molecule has 0 aliphatic rings. The number of methoxy groups -OCH3 is 3. The number of ether oxygens (including phenoxy) is 3. The number of aromatic nitrogens is 4. The first-order chi connectivity index (χ1) is 16.5. The molecule has 2 aromatic carbocycles. The largest absolute Gasteiger partial charge is 0.493 e. The van der Waals surface area contributed by atoms with Crippen LogP contribution in [-0.4, -0.2) is 52.7 Å². The lowest BCUT2D eigenvalue weighted by Crippen LogP contribution is -2.24. The quantitative estimate of drug-likeness (QED) is 0.286. The van der Waals surface area contributed by atoms with Crippen LogP contribution in [-0.2, 0) is 11.3 Å². The molecule has 176 valence electrons. The van der Waals surface area contributed by atoms with E-state index < -0.39 is 0 Å². The summed E-state index contributed by atoms with van der Waals surface area (Å²) in [5.74, 6) is 1.17. The predicted octanol–water partition coefficient (Wildman–Crippen LogP) is 3.39. The van der Waals surface area contributed by atoms with Gasteiger partial charge in [0.15, 0.2) is 17.1 Å². The van der Waals surface area contributed by atoms with E-state index in [0.717, 1.165) is 5.56 Å². The molecule has 0 radical (unpaired) electrons. The molecule has 0 unspecified atom stereocenters. The van der Waals surface area contributed by atoms with Crippen molar-refractivity contribution >= 4 is 28.7 Å². The van der Waals surface area contributed by atoms with Gasteiger partial charge in [0.2, 0.25) is 11.7 Å². The van der Waals surface area contributed by atoms with E-state index in [4.69, 9.17) is 14.2 Å². The number of nitrogens with zero attached hydrogens (tertiary/aromatic N) is 4. The SMILES string of the molecule is COc1cc(CNC(=O)CSc2ncnc3c2cnn3-c2ccc(F)cc2)cc(OC)c1OC. The number of rotatable bonds is 9. The van der Waals surface area contributed by atoms with Crippen LogP contribution < -0.4 is 19.5 Å². The summed E-state index contributed by atoms with van der Waals surface area (Å²) >= 11 is 1.28. The normalized spacial score (nSPS) is 10.8. The van der Waals surface area contributed by atoms with Gasteiger partial charge in [-0.1, -0.05) is 11.8 Å². The number of hydrogen-bond donors (Lipinski definition) is 1. The Labute approximate surface area is 199 Å². The van der Waals surface area contributed by atoms with Gasteiger partial charge < -0.3 is 19.5 Å². The van der Waals surface area contributed by atoms with Crippen molar-refractivity contribution in [2.24, 2.45) is 0 Å². The third-order valence-corrected chi connectivity index (χ3v) is 5.96. The maximum absolute atomic E-state index is 13.2. The first kappa shape index (κ1) is 23.3. The number of fused-ring (bicyclic) bond motifs is 1. The highest BCUT2D eigenvalue weighted by molar-refractivity contribution is 8.00. The summed E-state index contributed by atoms with van der Waals surface area (Å²) in [5.41, 5.74) is 2.05. The van der Waals surface area contributed by atoms with Crippen LogP contribution in [0.25, 0.3) is 16.7 Å². The van der Waals surface area contributed by atoms with Gasteiger partial charge in [-0.3, -0.25) is 4.79 Å². The maximum Gasteiger partial charge on any atom is 0.230 e. The van der Waals surface area contributed by atoms with Gasteiger partial charge in [-0.2, -0.15) is 5.10 Å². The third kappa shape index (κ3) is 4.88. The van der Waals surface area contributed by atoms with Crippen molar-refractivity contribution in [3.63, 3.8) is 0 Å². The molecule has 0 bridgehead atoms. The first-order valence-corrected chi connectivity index (χ1v) is 11.2. The van der Waals surface area contributed by atoms with E-state index in [9.17, 15) is 9.18 Å². The van der Waals surface area contributed by atoms with Gasteiger partial charge >= 0.3 is 0 Å². The molecule has 11 heteroatoms. The zero-order valence-electron chi connectivity index (χ0n) is 18.7. The van der Waals surface area contributed by atoms with Gasteiger partial charge in [0, 0.05) is 6.54 Å². The zero-order valence-corrected chi connectivity index (χ0v) is 19.6. The Hall–Kier alpha value is -3.86. The fraction of sp³-hybridized carbons (Fsp3) is 0.217. The van der Waals surface area contributed by atoms with Crippen LogP contribution in [0.15, 0.2) is 53.9 Å². The van der Waals surface area contributed by atoms with E-state index >= 15 is 0 Å².